The van der Waals surface area contributed by atoms with Crippen LogP contribution in [0.3, 0.4) is 0 Å². The van der Waals surface area contributed by atoms with Gasteiger partial charge in [-0.2, -0.15) is 0 Å². The van der Waals surface area contributed by atoms with E-state index in [2.05, 4.69) is 9.97 Å². The Morgan fingerprint density at radius 3 is 1.54 bits per heavy atom. The maximum absolute atomic E-state index is 10.6. The Morgan fingerprint density at radius 2 is 1.08 bits per heavy atom. The fraction of sp³-hybridized carbons (Fsp3) is 0.100. The number of pyridine rings is 2. The van der Waals surface area contributed by atoms with Crippen LogP contribution in [-0.2, 0) is 0 Å². The van der Waals surface area contributed by atoms with Gasteiger partial charge in [-0.05, 0) is 23.3 Å². The third-order valence-electron chi connectivity index (χ3n) is 4.80. The van der Waals surface area contributed by atoms with Crippen molar-refractivity contribution in [3.63, 3.8) is 0 Å². The number of aromatic nitrogens is 2. The van der Waals surface area contributed by atoms with Gasteiger partial charge in [0.2, 0.25) is 0 Å². The van der Waals surface area contributed by atoms with Gasteiger partial charge in [-0.25, -0.2) is 0 Å². The van der Waals surface area contributed by atoms with Crippen molar-refractivity contribution in [1.29, 1.82) is 0 Å². The SMILES string of the molecule is O[C@@H]1c2ccc3cccnc3c2-c2c(ccc3cccnc23)[C@@H]1O. The van der Waals surface area contributed by atoms with Crippen LogP contribution >= 0.6 is 0 Å². The highest BCUT2D eigenvalue weighted by Gasteiger charge is 2.34. The summed E-state index contributed by atoms with van der Waals surface area (Å²) in [4.78, 5) is 9.08. The van der Waals surface area contributed by atoms with Crippen molar-refractivity contribution in [3.8, 4) is 11.1 Å². The van der Waals surface area contributed by atoms with E-state index in [1.165, 1.54) is 0 Å². The van der Waals surface area contributed by atoms with Crippen LogP contribution < -0.4 is 0 Å². The highest BCUT2D eigenvalue weighted by molar-refractivity contribution is 6.05. The van der Waals surface area contributed by atoms with Gasteiger partial charge in [0.25, 0.3) is 0 Å². The molecule has 4 aromatic rings. The Kier molecular flexibility index (Phi) is 2.74. The topological polar surface area (TPSA) is 66.2 Å². The van der Waals surface area contributed by atoms with Gasteiger partial charge in [0.1, 0.15) is 12.2 Å². The molecule has 0 fully saturated rings. The van der Waals surface area contributed by atoms with Gasteiger partial charge >= 0.3 is 0 Å². The molecule has 0 saturated carbocycles. The Balaban J connectivity index is 2.02. The average molecular weight is 314 g/mol. The molecule has 2 N–H and O–H groups in total. The molecule has 0 aliphatic heterocycles. The molecule has 5 rings (SSSR count). The lowest BCUT2D eigenvalue weighted by Crippen LogP contribution is -2.18. The number of hydrogen-bond donors (Lipinski definition) is 2. The van der Waals surface area contributed by atoms with E-state index in [1.807, 2.05) is 48.5 Å². The first-order valence-electron chi connectivity index (χ1n) is 7.87. The Morgan fingerprint density at radius 1 is 0.625 bits per heavy atom. The number of rotatable bonds is 0. The molecule has 0 unspecified atom stereocenters. The van der Waals surface area contributed by atoms with Crippen molar-refractivity contribution in [3.05, 3.63) is 72.1 Å². The molecule has 0 spiro atoms. The summed E-state index contributed by atoms with van der Waals surface area (Å²) >= 11 is 0. The molecule has 2 heterocycles. The molecule has 0 bridgehead atoms. The Hall–Kier alpha value is -2.82. The number of aliphatic hydroxyl groups is 2. The molecule has 2 atom stereocenters. The second-order valence-electron chi connectivity index (χ2n) is 6.10. The van der Waals surface area contributed by atoms with Crippen molar-refractivity contribution in [2.75, 3.05) is 0 Å². The fourth-order valence-electron chi connectivity index (χ4n) is 3.68. The molecule has 2 aromatic carbocycles. The van der Waals surface area contributed by atoms with E-state index >= 15 is 0 Å². The lowest BCUT2D eigenvalue weighted by molar-refractivity contribution is 0.0160. The van der Waals surface area contributed by atoms with E-state index in [0.717, 1.165) is 32.9 Å². The van der Waals surface area contributed by atoms with Crippen LogP contribution in [0, 0.1) is 0 Å². The van der Waals surface area contributed by atoms with E-state index in [-0.39, 0.29) is 0 Å². The number of hydrogen-bond acceptors (Lipinski definition) is 4. The summed E-state index contributed by atoms with van der Waals surface area (Å²) in [6.45, 7) is 0. The third-order valence-corrected chi connectivity index (χ3v) is 4.80. The zero-order valence-electron chi connectivity index (χ0n) is 12.7. The summed E-state index contributed by atoms with van der Waals surface area (Å²) in [6.07, 6.45) is 1.55. The first kappa shape index (κ1) is 13.6. The van der Waals surface area contributed by atoms with E-state index < -0.39 is 12.2 Å². The standard InChI is InChI=1S/C20H14N2O2/c23-19-13-7-5-11-3-1-9-21-17(11)15(13)16-14(20(19)24)8-6-12-4-2-10-22-18(12)16/h1-10,19-20,23-24H/t19-,20+. The van der Waals surface area contributed by atoms with Gasteiger partial charge in [0.05, 0.1) is 11.0 Å². The number of aliphatic hydroxyl groups excluding tert-OH is 2. The van der Waals surface area contributed by atoms with Crippen molar-refractivity contribution < 1.29 is 10.2 Å². The van der Waals surface area contributed by atoms with Crippen LogP contribution in [0.1, 0.15) is 23.3 Å². The van der Waals surface area contributed by atoms with Crippen molar-refractivity contribution in [2.24, 2.45) is 0 Å². The molecule has 1 aliphatic carbocycles. The van der Waals surface area contributed by atoms with Crippen LogP contribution in [0.2, 0.25) is 0 Å². The third kappa shape index (κ3) is 1.69. The van der Waals surface area contributed by atoms with Crippen molar-refractivity contribution in [1.82, 2.24) is 9.97 Å². The molecule has 0 amide bonds. The molecular formula is C20H14N2O2. The normalized spacial score (nSPS) is 19.2. The minimum atomic E-state index is -0.972. The maximum Gasteiger partial charge on any atom is 0.110 e. The molecule has 0 radical (unpaired) electrons. The molecule has 2 aromatic heterocycles. The van der Waals surface area contributed by atoms with Crippen LogP contribution in [0.5, 0.6) is 0 Å². The molecular weight excluding hydrogens is 300 g/mol. The molecule has 4 heteroatoms. The maximum atomic E-state index is 10.6. The molecule has 116 valence electrons. The first-order chi connectivity index (χ1) is 11.8. The predicted octanol–water partition coefficient (Wildman–Crippen LogP) is 3.53. The summed E-state index contributed by atoms with van der Waals surface area (Å²) in [5, 5.41) is 23.2. The highest BCUT2D eigenvalue weighted by atomic mass is 16.3. The fourth-order valence-corrected chi connectivity index (χ4v) is 3.68. The molecule has 4 nitrogen and oxygen atoms in total. The van der Waals surface area contributed by atoms with Gasteiger partial charge in [-0.15, -0.1) is 0 Å². The second-order valence-corrected chi connectivity index (χ2v) is 6.10. The monoisotopic (exact) mass is 314 g/mol. The molecule has 1 aliphatic rings. The Labute approximate surface area is 138 Å². The van der Waals surface area contributed by atoms with E-state index in [4.69, 9.17) is 0 Å². The Bertz CT molecular complexity index is 1020. The quantitative estimate of drug-likeness (QED) is 0.521. The van der Waals surface area contributed by atoms with E-state index in [9.17, 15) is 10.2 Å². The van der Waals surface area contributed by atoms with Gasteiger partial charge in [-0.3, -0.25) is 9.97 Å². The van der Waals surface area contributed by atoms with Gasteiger partial charge in [0, 0.05) is 34.3 Å². The van der Waals surface area contributed by atoms with Crippen molar-refractivity contribution in [2.45, 2.75) is 12.2 Å². The lowest BCUT2D eigenvalue weighted by atomic mass is 9.79. The largest absolute Gasteiger partial charge is 0.385 e. The van der Waals surface area contributed by atoms with Gasteiger partial charge < -0.3 is 10.2 Å². The molecule has 24 heavy (non-hydrogen) atoms. The number of benzene rings is 2. The summed E-state index contributed by atoms with van der Waals surface area (Å²) in [5.41, 5.74) is 4.76. The van der Waals surface area contributed by atoms with E-state index in [0.29, 0.717) is 11.1 Å². The average Bonchev–Trinajstić information content (AvgIpc) is 2.64. The number of nitrogens with zero attached hydrogens (tertiary/aromatic N) is 2. The van der Waals surface area contributed by atoms with Crippen LogP contribution in [0.25, 0.3) is 32.9 Å². The van der Waals surface area contributed by atoms with Crippen molar-refractivity contribution >= 4 is 21.8 Å². The minimum Gasteiger partial charge on any atom is -0.385 e. The first-order valence-corrected chi connectivity index (χ1v) is 7.87. The zero-order valence-corrected chi connectivity index (χ0v) is 12.7. The lowest BCUT2D eigenvalue weighted by Gasteiger charge is -2.30. The molecule has 0 saturated heterocycles. The highest BCUT2D eigenvalue weighted by Crippen LogP contribution is 2.48. The smallest absolute Gasteiger partial charge is 0.110 e. The second kappa shape index (κ2) is 4.84. The summed E-state index contributed by atoms with van der Waals surface area (Å²) in [6, 6.07) is 15.4. The number of fused-ring (bicyclic) bond motifs is 7. The van der Waals surface area contributed by atoms with Gasteiger partial charge in [-0.1, -0.05) is 36.4 Å². The van der Waals surface area contributed by atoms with Crippen LogP contribution in [-0.4, -0.2) is 20.2 Å². The summed E-state index contributed by atoms with van der Waals surface area (Å²) in [5.74, 6) is 0. The van der Waals surface area contributed by atoms with Crippen LogP contribution in [0.4, 0.5) is 0 Å². The van der Waals surface area contributed by atoms with E-state index in [1.54, 1.807) is 12.4 Å². The minimum absolute atomic E-state index is 0.694. The summed E-state index contributed by atoms with van der Waals surface area (Å²) in [7, 11) is 0. The van der Waals surface area contributed by atoms with Gasteiger partial charge in [0.15, 0.2) is 0 Å². The summed E-state index contributed by atoms with van der Waals surface area (Å²) < 4.78 is 0. The predicted molar refractivity (Wildman–Crippen MR) is 92.4 cm³/mol. The zero-order chi connectivity index (χ0) is 16.3. The van der Waals surface area contributed by atoms with Crippen LogP contribution in [0.15, 0.2) is 60.9 Å².